The molecule has 1 amide bonds. The first-order valence-electron chi connectivity index (χ1n) is 5.39. The van der Waals surface area contributed by atoms with Crippen LogP contribution in [0.1, 0.15) is 17.3 Å². The second-order valence-corrected chi connectivity index (χ2v) is 3.99. The highest BCUT2D eigenvalue weighted by Crippen LogP contribution is 2.08. The van der Waals surface area contributed by atoms with Crippen molar-refractivity contribution in [1.29, 1.82) is 0 Å². The number of carbonyl (C=O) groups is 1. The molecule has 0 spiro atoms. The third-order valence-electron chi connectivity index (χ3n) is 2.79. The molecule has 0 saturated carbocycles. The number of nitrogens with zero attached hydrogens (tertiary/aromatic N) is 1. The summed E-state index contributed by atoms with van der Waals surface area (Å²) in [6.45, 7) is 4.35. The molecule has 0 aromatic carbocycles. The largest absolute Gasteiger partial charge is 0.333 e. The van der Waals surface area contributed by atoms with E-state index in [1.807, 2.05) is 11.8 Å². The molecular weight excluding hydrogens is 242 g/mol. The molecule has 1 aromatic rings. The second-order valence-electron chi connectivity index (χ2n) is 3.99. The fourth-order valence-electron chi connectivity index (χ4n) is 1.85. The molecule has 5 nitrogen and oxygen atoms in total. The van der Waals surface area contributed by atoms with E-state index < -0.39 is 0 Å². The first-order valence-corrected chi connectivity index (χ1v) is 5.39. The average Bonchev–Trinajstić information content (AvgIpc) is 2.30. The molecule has 17 heavy (non-hydrogen) atoms. The Labute approximate surface area is 106 Å². The van der Waals surface area contributed by atoms with Crippen LogP contribution >= 0.6 is 12.4 Å². The van der Waals surface area contributed by atoms with Crippen molar-refractivity contribution in [2.45, 2.75) is 13.0 Å². The standard InChI is InChI=1S/C11H15N3O2.ClH/c1-8-6-12-4-5-14(8)11(16)9-2-3-10(15)13-7-9;/h2-3,7-8,12H,4-6H2,1H3,(H,13,15);1H/t8-;/m1./s1. The maximum absolute atomic E-state index is 12.1. The van der Waals surface area contributed by atoms with Crippen molar-refractivity contribution in [2.24, 2.45) is 0 Å². The molecule has 2 heterocycles. The highest BCUT2D eigenvalue weighted by atomic mass is 35.5. The Morgan fingerprint density at radius 3 is 2.82 bits per heavy atom. The van der Waals surface area contributed by atoms with E-state index in [0.29, 0.717) is 12.1 Å². The van der Waals surface area contributed by atoms with Gasteiger partial charge in [-0.15, -0.1) is 12.4 Å². The van der Waals surface area contributed by atoms with Crippen LogP contribution in [0.25, 0.3) is 0 Å². The lowest BCUT2D eigenvalue weighted by Gasteiger charge is -2.33. The highest BCUT2D eigenvalue weighted by Gasteiger charge is 2.23. The van der Waals surface area contributed by atoms with Crippen LogP contribution in [0.5, 0.6) is 0 Å². The quantitative estimate of drug-likeness (QED) is 0.757. The van der Waals surface area contributed by atoms with Crippen LogP contribution in [0.15, 0.2) is 23.1 Å². The Morgan fingerprint density at radius 1 is 1.47 bits per heavy atom. The van der Waals surface area contributed by atoms with E-state index in [4.69, 9.17) is 0 Å². The second kappa shape index (κ2) is 5.84. The predicted octanol–water partition coefficient (Wildman–Crippen LogP) is 0.231. The molecule has 0 unspecified atom stereocenters. The number of piperazine rings is 1. The number of pyridine rings is 1. The summed E-state index contributed by atoms with van der Waals surface area (Å²) in [5, 5.41) is 3.23. The van der Waals surface area contributed by atoms with Gasteiger partial charge in [0, 0.05) is 37.9 Å². The Morgan fingerprint density at radius 2 is 2.24 bits per heavy atom. The molecule has 0 aliphatic carbocycles. The Hall–Kier alpha value is -1.33. The summed E-state index contributed by atoms with van der Waals surface area (Å²) in [5.41, 5.74) is 0.346. The van der Waals surface area contributed by atoms with Gasteiger partial charge in [-0.1, -0.05) is 0 Å². The van der Waals surface area contributed by atoms with Crippen LogP contribution in [0.3, 0.4) is 0 Å². The van der Waals surface area contributed by atoms with E-state index in [1.165, 1.54) is 12.3 Å². The number of aromatic amines is 1. The summed E-state index contributed by atoms with van der Waals surface area (Å²) in [4.78, 5) is 27.3. The number of halogens is 1. The number of H-pyrrole nitrogens is 1. The van der Waals surface area contributed by atoms with Crippen molar-refractivity contribution < 1.29 is 4.79 Å². The molecule has 94 valence electrons. The molecule has 1 aromatic heterocycles. The Kier molecular flexibility index (Phi) is 4.72. The van der Waals surface area contributed by atoms with Crippen LogP contribution in [-0.4, -0.2) is 41.5 Å². The van der Waals surface area contributed by atoms with Crippen molar-refractivity contribution in [3.05, 3.63) is 34.2 Å². The zero-order chi connectivity index (χ0) is 11.5. The van der Waals surface area contributed by atoms with Gasteiger partial charge in [0.15, 0.2) is 0 Å². The van der Waals surface area contributed by atoms with Gasteiger partial charge in [-0.3, -0.25) is 9.59 Å². The minimum Gasteiger partial charge on any atom is -0.333 e. The molecule has 1 fully saturated rings. The van der Waals surface area contributed by atoms with Gasteiger partial charge in [-0.25, -0.2) is 0 Å². The van der Waals surface area contributed by atoms with Gasteiger partial charge in [-0.05, 0) is 13.0 Å². The summed E-state index contributed by atoms with van der Waals surface area (Å²) in [5.74, 6) is -0.0229. The third kappa shape index (κ3) is 3.08. The number of aromatic nitrogens is 1. The van der Waals surface area contributed by atoms with Gasteiger partial charge in [0.25, 0.3) is 5.91 Å². The first-order chi connectivity index (χ1) is 7.68. The molecule has 2 N–H and O–H groups in total. The number of rotatable bonds is 1. The first kappa shape index (κ1) is 13.7. The number of carbonyl (C=O) groups excluding carboxylic acids is 1. The molecular formula is C11H16ClN3O2. The fourth-order valence-corrected chi connectivity index (χ4v) is 1.85. The Balaban J connectivity index is 0.00000144. The molecule has 1 aliphatic rings. The highest BCUT2D eigenvalue weighted by molar-refractivity contribution is 5.94. The fraction of sp³-hybridized carbons (Fsp3) is 0.455. The summed E-state index contributed by atoms with van der Waals surface area (Å²) < 4.78 is 0. The van der Waals surface area contributed by atoms with Gasteiger partial charge in [0.05, 0.1) is 5.56 Å². The van der Waals surface area contributed by atoms with Crippen molar-refractivity contribution in [3.63, 3.8) is 0 Å². The van der Waals surface area contributed by atoms with Crippen LogP contribution in [-0.2, 0) is 0 Å². The lowest BCUT2D eigenvalue weighted by atomic mass is 10.1. The van der Waals surface area contributed by atoms with Gasteiger partial charge < -0.3 is 15.2 Å². The van der Waals surface area contributed by atoms with E-state index in [2.05, 4.69) is 10.3 Å². The molecule has 1 atom stereocenters. The zero-order valence-corrected chi connectivity index (χ0v) is 10.4. The maximum atomic E-state index is 12.1. The molecule has 1 saturated heterocycles. The monoisotopic (exact) mass is 257 g/mol. The number of hydrogen-bond acceptors (Lipinski definition) is 3. The van der Waals surface area contributed by atoms with Gasteiger partial charge in [-0.2, -0.15) is 0 Å². The van der Waals surface area contributed by atoms with Gasteiger partial charge >= 0.3 is 0 Å². The minimum atomic E-state index is -0.190. The lowest BCUT2D eigenvalue weighted by Crippen LogP contribution is -2.52. The summed E-state index contributed by atoms with van der Waals surface area (Å²) in [6.07, 6.45) is 1.47. The van der Waals surface area contributed by atoms with Crippen LogP contribution in [0.4, 0.5) is 0 Å². The summed E-state index contributed by atoms with van der Waals surface area (Å²) >= 11 is 0. The lowest BCUT2D eigenvalue weighted by molar-refractivity contribution is 0.0655. The normalized spacial score (nSPS) is 19.6. The van der Waals surface area contributed by atoms with Crippen LogP contribution in [0, 0.1) is 0 Å². The van der Waals surface area contributed by atoms with Crippen molar-refractivity contribution >= 4 is 18.3 Å². The average molecular weight is 258 g/mol. The van der Waals surface area contributed by atoms with Crippen molar-refractivity contribution in [2.75, 3.05) is 19.6 Å². The maximum Gasteiger partial charge on any atom is 0.255 e. The molecule has 2 rings (SSSR count). The Bertz CT molecular complexity index is 426. The summed E-state index contributed by atoms with van der Waals surface area (Å²) in [7, 11) is 0. The molecule has 0 radical (unpaired) electrons. The number of amides is 1. The van der Waals surface area contributed by atoms with E-state index in [-0.39, 0.29) is 29.9 Å². The van der Waals surface area contributed by atoms with Gasteiger partial charge in [0.1, 0.15) is 0 Å². The third-order valence-corrected chi connectivity index (χ3v) is 2.79. The SMILES string of the molecule is C[C@@H]1CNCCN1C(=O)c1ccc(=O)[nH]c1.Cl. The topological polar surface area (TPSA) is 65.2 Å². The number of hydrogen-bond donors (Lipinski definition) is 2. The molecule has 1 aliphatic heterocycles. The van der Waals surface area contributed by atoms with Crippen molar-refractivity contribution in [3.8, 4) is 0 Å². The molecule has 6 heteroatoms. The van der Waals surface area contributed by atoms with E-state index in [9.17, 15) is 9.59 Å². The van der Waals surface area contributed by atoms with Gasteiger partial charge in [0.2, 0.25) is 5.56 Å². The zero-order valence-electron chi connectivity index (χ0n) is 9.60. The van der Waals surface area contributed by atoms with E-state index >= 15 is 0 Å². The van der Waals surface area contributed by atoms with Crippen molar-refractivity contribution in [1.82, 2.24) is 15.2 Å². The summed E-state index contributed by atoms with van der Waals surface area (Å²) in [6, 6.07) is 3.13. The number of nitrogens with one attached hydrogen (secondary N) is 2. The minimum absolute atomic E-state index is 0. The predicted molar refractivity (Wildman–Crippen MR) is 67.7 cm³/mol. The van der Waals surface area contributed by atoms with E-state index in [1.54, 1.807) is 6.07 Å². The molecule has 0 bridgehead atoms. The van der Waals surface area contributed by atoms with E-state index in [0.717, 1.165) is 13.1 Å². The van der Waals surface area contributed by atoms with Crippen LogP contribution < -0.4 is 10.9 Å². The smallest absolute Gasteiger partial charge is 0.255 e. The van der Waals surface area contributed by atoms with Crippen LogP contribution in [0.2, 0.25) is 0 Å².